The van der Waals surface area contributed by atoms with Gasteiger partial charge >= 0.3 is 0 Å². The molecule has 2 rings (SSSR count). The Balaban J connectivity index is 1.87. The maximum Gasteiger partial charge on any atom is 0.123 e. The van der Waals surface area contributed by atoms with Crippen LogP contribution in [0.15, 0.2) is 24.3 Å². The van der Waals surface area contributed by atoms with Gasteiger partial charge in [-0.3, -0.25) is 0 Å². The highest BCUT2D eigenvalue weighted by atomic mass is 16.5. The first-order valence-electron chi connectivity index (χ1n) is 7.32. The minimum atomic E-state index is 0.458. The van der Waals surface area contributed by atoms with Crippen LogP contribution >= 0.6 is 0 Å². The molecule has 1 fully saturated rings. The van der Waals surface area contributed by atoms with Crippen molar-refractivity contribution >= 4 is 0 Å². The Labute approximate surface area is 117 Å². The summed E-state index contributed by atoms with van der Waals surface area (Å²) in [5.41, 5.74) is 2.17. The van der Waals surface area contributed by atoms with Crippen molar-refractivity contribution in [1.82, 2.24) is 5.32 Å². The Hall–Kier alpha value is -1.02. The zero-order valence-electron chi connectivity index (χ0n) is 12.9. The van der Waals surface area contributed by atoms with E-state index in [1.807, 2.05) is 19.1 Å². The molecule has 1 aliphatic carbocycles. The fourth-order valence-electron chi connectivity index (χ4n) is 3.14. The van der Waals surface area contributed by atoms with Gasteiger partial charge in [0.25, 0.3) is 0 Å². The second kappa shape index (κ2) is 5.16. The van der Waals surface area contributed by atoms with Crippen LogP contribution in [0.4, 0.5) is 0 Å². The average molecular weight is 261 g/mol. The molecule has 1 aromatic rings. The molecule has 0 unspecified atom stereocenters. The Morgan fingerprint density at radius 1 is 1.11 bits per heavy atom. The van der Waals surface area contributed by atoms with Crippen LogP contribution in [-0.2, 0) is 6.54 Å². The number of rotatable bonds is 6. The molecule has 0 saturated heterocycles. The molecule has 2 heteroatoms. The smallest absolute Gasteiger partial charge is 0.123 e. The first-order chi connectivity index (χ1) is 8.91. The third kappa shape index (κ3) is 2.64. The Morgan fingerprint density at radius 2 is 1.74 bits per heavy atom. The van der Waals surface area contributed by atoms with Crippen molar-refractivity contribution in [2.24, 2.45) is 16.7 Å². The predicted molar refractivity (Wildman–Crippen MR) is 80.4 cm³/mol. The standard InChI is InChI=1S/C17H27NO/c1-6-19-14-10-8-7-9-13(14)11-18-12-15-16(2,3)17(15,4)5/h7-10,15,18H,6,11-12H2,1-5H3. The first kappa shape index (κ1) is 14.4. The quantitative estimate of drug-likeness (QED) is 0.839. The summed E-state index contributed by atoms with van der Waals surface area (Å²) in [5, 5.41) is 3.59. The average Bonchev–Trinajstić information content (AvgIpc) is 2.74. The summed E-state index contributed by atoms with van der Waals surface area (Å²) in [6, 6.07) is 8.29. The molecule has 0 aliphatic heterocycles. The van der Waals surface area contributed by atoms with Crippen molar-refractivity contribution in [3.8, 4) is 5.75 Å². The molecule has 0 atom stereocenters. The van der Waals surface area contributed by atoms with E-state index in [1.165, 1.54) is 5.56 Å². The Morgan fingerprint density at radius 3 is 2.32 bits per heavy atom. The van der Waals surface area contributed by atoms with Crippen molar-refractivity contribution < 1.29 is 4.74 Å². The first-order valence-corrected chi connectivity index (χ1v) is 7.32. The summed E-state index contributed by atoms with van der Waals surface area (Å²) in [5.74, 6) is 1.77. The van der Waals surface area contributed by atoms with Crippen LogP contribution in [0.5, 0.6) is 5.75 Å². The molecule has 106 valence electrons. The highest BCUT2D eigenvalue weighted by molar-refractivity contribution is 5.33. The molecule has 0 heterocycles. The van der Waals surface area contributed by atoms with E-state index in [0.717, 1.165) is 31.4 Å². The zero-order valence-corrected chi connectivity index (χ0v) is 12.9. The highest BCUT2D eigenvalue weighted by Crippen LogP contribution is 2.67. The normalized spacial score (nSPS) is 20.3. The van der Waals surface area contributed by atoms with Gasteiger partial charge in [0.2, 0.25) is 0 Å². The number of hydrogen-bond acceptors (Lipinski definition) is 2. The van der Waals surface area contributed by atoms with E-state index in [9.17, 15) is 0 Å². The van der Waals surface area contributed by atoms with E-state index in [2.05, 4.69) is 45.1 Å². The van der Waals surface area contributed by atoms with E-state index >= 15 is 0 Å². The van der Waals surface area contributed by atoms with Gasteiger partial charge in [0.05, 0.1) is 6.61 Å². The lowest BCUT2D eigenvalue weighted by atomic mass is 10.0. The highest BCUT2D eigenvalue weighted by Gasteiger charge is 2.63. The maximum atomic E-state index is 5.65. The molecule has 1 aromatic carbocycles. The van der Waals surface area contributed by atoms with Crippen molar-refractivity contribution in [2.75, 3.05) is 13.2 Å². The van der Waals surface area contributed by atoms with Crippen LogP contribution in [0.1, 0.15) is 40.2 Å². The molecule has 1 aliphatic rings. The van der Waals surface area contributed by atoms with Gasteiger partial charge in [-0.1, -0.05) is 45.9 Å². The van der Waals surface area contributed by atoms with E-state index in [1.54, 1.807) is 0 Å². The summed E-state index contributed by atoms with van der Waals surface area (Å²) in [6.07, 6.45) is 0. The lowest BCUT2D eigenvalue weighted by molar-refractivity contribution is 0.335. The van der Waals surface area contributed by atoms with Crippen molar-refractivity contribution in [3.63, 3.8) is 0 Å². The van der Waals surface area contributed by atoms with Gasteiger partial charge in [0, 0.05) is 12.1 Å². The molecular formula is C17H27NO. The minimum absolute atomic E-state index is 0.458. The maximum absolute atomic E-state index is 5.65. The zero-order chi connectivity index (χ0) is 14.1. The molecule has 2 nitrogen and oxygen atoms in total. The van der Waals surface area contributed by atoms with E-state index in [-0.39, 0.29) is 0 Å². The van der Waals surface area contributed by atoms with Crippen LogP contribution in [0, 0.1) is 16.7 Å². The van der Waals surface area contributed by atoms with Crippen LogP contribution in [0.25, 0.3) is 0 Å². The van der Waals surface area contributed by atoms with Gasteiger partial charge in [0.1, 0.15) is 5.75 Å². The molecule has 0 aromatic heterocycles. The number of nitrogens with one attached hydrogen (secondary N) is 1. The third-order valence-corrected chi connectivity index (χ3v) is 5.26. The van der Waals surface area contributed by atoms with E-state index in [4.69, 9.17) is 4.74 Å². The van der Waals surface area contributed by atoms with Crippen LogP contribution in [0.2, 0.25) is 0 Å². The predicted octanol–water partition coefficient (Wildman–Crippen LogP) is 3.86. The van der Waals surface area contributed by atoms with Gasteiger partial charge in [-0.2, -0.15) is 0 Å². The molecule has 19 heavy (non-hydrogen) atoms. The van der Waals surface area contributed by atoms with Crippen LogP contribution in [0.3, 0.4) is 0 Å². The lowest BCUT2D eigenvalue weighted by Crippen LogP contribution is -2.19. The summed E-state index contributed by atoms with van der Waals surface area (Å²) in [6.45, 7) is 14.2. The molecule has 1 N–H and O–H groups in total. The van der Waals surface area contributed by atoms with Crippen molar-refractivity contribution in [2.45, 2.75) is 41.2 Å². The van der Waals surface area contributed by atoms with E-state index < -0.39 is 0 Å². The van der Waals surface area contributed by atoms with Gasteiger partial charge in [-0.25, -0.2) is 0 Å². The summed E-state index contributed by atoms with van der Waals surface area (Å²) in [4.78, 5) is 0. The third-order valence-electron chi connectivity index (χ3n) is 5.26. The molecule has 0 spiro atoms. The van der Waals surface area contributed by atoms with Gasteiger partial charge in [-0.05, 0) is 36.3 Å². The lowest BCUT2D eigenvalue weighted by Gasteiger charge is -2.11. The number of hydrogen-bond donors (Lipinski definition) is 1. The topological polar surface area (TPSA) is 21.3 Å². The summed E-state index contributed by atoms with van der Waals surface area (Å²) < 4.78 is 5.65. The number of ether oxygens (including phenoxy) is 1. The number of para-hydroxylation sites is 1. The Kier molecular flexibility index (Phi) is 3.91. The molecule has 1 saturated carbocycles. The summed E-state index contributed by atoms with van der Waals surface area (Å²) in [7, 11) is 0. The fraction of sp³-hybridized carbons (Fsp3) is 0.647. The second-order valence-electron chi connectivity index (χ2n) is 6.67. The monoisotopic (exact) mass is 261 g/mol. The Bertz CT molecular complexity index is 423. The molecule has 0 radical (unpaired) electrons. The van der Waals surface area contributed by atoms with Crippen LogP contribution < -0.4 is 10.1 Å². The van der Waals surface area contributed by atoms with Gasteiger partial charge < -0.3 is 10.1 Å². The molecule has 0 bridgehead atoms. The van der Waals surface area contributed by atoms with Crippen LogP contribution in [-0.4, -0.2) is 13.2 Å². The van der Waals surface area contributed by atoms with Crippen molar-refractivity contribution in [3.05, 3.63) is 29.8 Å². The molecule has 0 amide bonds. The summed E-state index contributed by atoms with van der Waals surface area (Å²) >= 11 is 0. The number of benzene rings is 1. The SMILES string of the molecule is CCOc1ccccc1CNCC1C(C)(C)C1(C)C. The van der Waals surface area contributed by atoms with Gasteiger partial charge in [0.15, 0.2) is 0 Å². The largest absolute Gasteiger partial charge is 0.494 e. The van der Waals surface area contributed by atoms with Crippen molar-refractivity contribution in [1.29, 1.82) is 0 Å². The minimum Gasteiger partial charge on any atom is -0.494 e. The fourth-order valence-corrected chi connectivity index (χ4v) is 3.14. The van der Waals surface area contributed by atoms with Gasteiger partial charge in [-0.15, -0.1) is 0 Å². The van der Waals surface area contributed by atoms with E-state index in [0.29, 0.717) is 10.8 Å². The second-order valence-corrected chi connectivity index (χ2v) is 6.67. The molecular weight excluding hydrogens is 234 g/mol.